The highest BCUT2D eigenvalue weighted by Crippen LogP contribution is 2.27. The van der Waals surface area contributed by atoms with Crippen LogP contribution in [0, 0.1) is 0 Å². The monoisotopic (exact) mass is 375 g/mol. The molecular formula is C19H26ClN5O. The van der Waals surface area contributed by atoms with Gasteiger partial charge in [0, 0.05) is 50.3 Å². The zero-order chi connectivity index (χ0) is 18.5. The van der Waals surface area contributed by atoms with E-state index >= 15 is 0 Å². The summed E-state index contributed by atoms with van der Waals surface area (Å²) in [4.78, 5) is 25.5. The van der Waals surface area contributed by atoms with E-state index < -0.39 is 0 Å². The van der Waals surface area contributed by atoms with Gasteiger partial charge in [-0.3, -0.25) is 9.78 Å². The largest absolute Gasteiger partial charge is 0.338 e. The molecule has 2 aromatic rings. The van der Waals surface area contributed by atoms with Crippen LogP contribution >= 0.6 is 11.6 Å². The summed E-state index contributed by atoms with van der Waals surface area (Å²) in [5.74, 6) is 1.36. The standard InChI is InChI=1S/C19H26ClN5O/c1-23(2)7-4-9-24-10-6-22-18(24)15-5-3-8-25(14-15)19(26)16-11-17(20)13-21-12-16/h6,10-13,15H,3-5,7-9,14H2,1-2H3/t15-/m1/s1. The van der Waals surface area contributed by atoms with Gasteiger partial charge in [-0.2, -0.15) is 0 Å². The van der Waals surface area contributed by atoms with Gasteiger partial charge in [0.2, 0.25) is 0 Å². The van der Waals surface area contributed by atoms with Crippen molar-refractivity contribution in [3.63, 3.8) is 0 Å². The normalized spacial score (nSPS) is 17.7. The number of hydrogen-bond donors (Lipinski definition) is 0. The molecule has 1 fully saturated rings. The average Bonchev–Trinajstić information content (AvgIpc) is 3.09. The number of piperidine rings is 1. The average molecular weight is 376 g/mol. The molecule has 140 valence electrons. The smallest absolute Gasteiger partial charge is 0.255 e. The lowest BCUT2D eigenvalue weighted by molar-refractivity contribution is 0.0702. The van der Waals surface area contributed by atoms with E-state index in [1.807, 2.05) is 17.3 Å². The van der Waals surface area contributed by atoms with Crippen molar-refractivity contribution in [2.45, 2.75) is 31.7 Å². The number of imidazole rings is 1. The van der Waals surface area contributed by atoms with Gasteiger partial charge in [-0.1, -0.05) is 11.6 Å². The fraction of sp³-hybridized carbons (Fsp3) is 0.526. The molecule has 0 unspecified atom stereocenters. The minimum Gasteiger partial charge on any atom is -0.338 e. The fourth-order valence-electron chi connectivity index (χ4n) is 3.51. The molecule has 6 nitrogen and oxygen atoms in total. The number of rotatable bonds is 6. The van der Waals surface area contributed by atoms with Crippen LogP contribution in [0.3, 0.4) is 0 Å². The molecule has 1 aliphatic rings. The van der Waals surface area contributed by atoms with Crippen LogP contribution in [0.15, 0.2) is 30.9 Å². The molecule has 0 saturated carbocycles. The van der Waals surface area contributed by atoms with E-state index in [2.05, 4.69) is 33.5 Å². The second-order valence-corrected chi connectivity index (χ2v) is 7.55. The first-order chi connectivity index (χ1) is 12.5. The molecule has 0 spiro atoms. The first-order valence-electron chi connectivity index (χ1n) is 9.10. The molecule has 2 aromatic heterocycles. The summed E-state index contributed by atoms with van der Waals surface area (Å²) in [6.45, 7) is 3.46. The lowest BCUT2D eigenvalue weighted by atomic mass is 9.96. The predicted octanol–water partition coefficient (Wildman–Crippen LogP) is 2.90. The number of carbonyl (C=O) groups is 1. The van der Waals surface area contributed by atoms with E-state index in [1.54, 1.807) is 18.5 Å². The number of likely N-dealkylation sites (tertiary alicyclic amines) is 1. The Kier molecular flexibility index (Phi) is 6.27. The van der Waals surface area contributed by atoms with Gasteiger partial charge in [-0.15, -0.1) is 0 Å². The number of pyridine rings is 1. The van der Waals surface area contributed by atoms with Crippen LogP contribution in [0.5, 0.6) is 0 Å². The van der Waals surface area contributed by atoms with Crippen molar-refractivity contribution in [3.8, 4) is 0 Å². The molecule has 0 aliphatic carbocycles. The molecule has 26 heavy (non-hydrogen) atoms. The molecule has 1 atom stereocenters. The van der Waals surface area contributed by atoms with Gasteiger partial charge in [0.1, 0.15) is 5.82 Å². The summed E-state index contributed by atoms with van der Waals surface area (Å²) < 4.78 is 2.24. The highest BCUT2D eigenvalue weighted by Gasteiger charge is 2.28. The van der Waals surface area contributed by atoms with Gasteiger partial charge in [0.25, 0.3) is 5.91 Å². The van der Waals surface area contributed by atoms with Gasteiger partial charge >= 0.3 is 0 Å². The lowest BCUT2D eigenvalue weighted by Gasteiger charge is -2.32. The number of amides is 1. The third-order valence-electron chi connectivity index (χ3n) is 4.78. The van der Waals surface area contributed by atoms with Gasteiger partial charge in [0.15, 0.2) is 0 Å². The number of halogens is 1. The topological polar surface area (TPSA) is 54.3 Å². The van der Waals surface area contributed by atoms with Gasteiger partial charge in [0.05, 0.1) is 10.6 Å². The quantitative estimate of drug-likeness (QED) is 0.779. The van der Waals surface area contributed by atoms with Crippen LogP contribution < -0.4 is 0 Å². The van der Waals surface area contributed by atoms with E-state index in [4.69, 9.17) is 11.6 Å². The van der Waals surface area contributed by atoms with E-state index in [0.29, 0.717) is 17.1 Å². The Morgan fingerprint density at radius 1 is 1.38 bits per heavy atom. The maximum atomic E-state index is 12.8. The summed E-state index contributed by atoms with van der Waals surface area (Å²) in [6.07, 6.45) is 10.2. The molecule has 1 amide bonds. The zero-order valence-corrected chi connectivity index (χ0v) is 16.2. The first kappa shape index (κ1) is 18.9. The molecule has 0 bridgehead atoms. The second kappa shape index (κ2) is 8.64. The third-order valence-corrected chi connectivity index (χ3v) is 4.98. The van der Waals surface area contributed by atoms with Crippen molar-refractivity contribution in [1.29, 1.82) is 0 Å². The maximum absolute atomic E-state index is 12.8. The number of nitrogens with zero attached hydrogens (tertiary/aromatic N) is 5. The van der Waals surface area contributed by atoms with Gasteiger partial charge < -0.3 is 14.4 Å². The molecule has 3 rings (SSSR count). The molecule has 0 aromatic carbocycles. The highest BCUT2D eigenvalue weighted by molar-refractivity contribution is 6.30. The fourth-order valence-corrected chi connectivity index (χ4v) is 3.68. The molecule has 1 saturated heterocycles. The van der Waals surface area contributed by atoms with Gasteiger partial charge in [-0.05, 0) is 46.0 Å². The zero-order valence-electron chi connectivity index (χ0n) is 15.4. The van der Waals surface area contributed by atoms with Crippen molar-refractivity contribution >= 4 is 17.5 Å². The second-order valence-electron chi connectivity index (χ2n) is 7.12. The van der Waals surface area contributed by atoms with Crippen molar-refractivity contribution in [2.75, 3.05) is 33.7 Å². The molecule has 3 heterocycles. The third kappa shape index (κ3) is 4.62. The Hall–Kier alpha value is -1.92. The van der Waals surface area contributed by atoms with Crippen molar-refractivity contribution in [3.05, 3.63) is 47.3 Å². The number of hydrogen-bond acceptors (Lipinski definition) is 4. The van der Waals surface area contributed by atoms with Crippen LogP contribution in [0.4, 0.5) is 0 Å². The number of carbonyl (C=O) groups excluding carboxylic acids is 1. The Morgan fingerprint density at radius 2 is 2.23 bits per heavy atom. The van der Waals surface area contributed by atoms with Gasteiger partial charge in [-0.25, -0.2) is 4.98 Å². The molecule has 0 radical (unpaired) electrons. The van der Waals surface area contributed by atoms with E-state index in [1.165, 1.54) is 0 Å². The van der Waals surface area contributed by atoms with E-state index in [0.717, 1.165) is 44.7 Å². The molecule has 0 N–H and O–H groups in total. The van der Waals surface area contributed by atoms with Crippen LogP contribution in [0.2, 0.25) is 5.02 Å². The van der Waals surface area contributed by atoms with Crippen molar-refractivity contribution < 1.29 is 4.79 Å². The molecule has 7 heteroatoms. The van der Waals surface area contributed by atoms with Crippen molar-refractivity contribution in [1.82, 2.24) is 24.3 Å². The summed E-state index contributed by atoms with van der Waals surface area (Å²) in [7, 11) is 4.17. The highest BCUT2D eigenvalue weighted by atomic mass is 35.5. The minimum absolute atomic E-state index is 0.00425. The summed E-state index contributed by atoms with van der Waals surface area (Å²) in [5.41, 5.74) is 0.549. The van der Waals surface area contributed by atoms with Crippen LogP contribution in [-0.2, 0) is 6.54 Å². The summed E-state index contributed by atoms with van der Waals surface area (Å²) in [5, 5.41) is 0.487. The van der Waals surface area contributed by atoms with Crippen LogP contribution in [0.25, 0.3) is 0 Å². The Balaban J connectivity index is 1.67. The minimum atomic E-state index is -0.00425. The molecule has 1 aliphatic heterocycles. The number of aromatic nitrogens is 3. The van der Waals surface area contributed by atoms with E-state index in [9.17, 15) is 4.79 Å². The summed E-state index contributed by atoms with van der Waals surface area (Å²) >= 11 is 5.98. The molecular weight excluding hydrogens is 350 g/mol. The Labute approximate surface area is 159 Å². The lowest BCUT2D eigenvalue weighted by Crippen LogP contribution is -2.39. The van der Waals surface area contributed by atoms with Crippen molar-refractivity contribution in [2.24, 2.45) is 0 Å². The van der Waals surface area contributed by atoms with E-state index in [-0.39, 0.29) is 11.8 Å². The Morgan fingerprint density at radius 3 is 3.00 bits per heavy atom. The van der Waals surface area contributed by atoms with Crippen LogP contribution in [0.1, 0.15) is 41.4 Å². The maximum Gasteiger partial charge on any atom is 0.255 e. The predicted molar refractivity (Wildman–Crippen MR) is 103 cm³/mol. The van der Waals surface area contributed by atoms with Crippen LogP contribution in [-0.4, -0.2) is 64.0 Å². The summed E-state index contributed by atoms with van der Waals surface area (Å²) in [6, 6.07) is 1.68. The first-order valence-corrected chi connectivity index (χ1v) is 9.48. The number of aryl methyl sites for hydroxylation is 1. The SMILES string of the molecule is CN(C)CCCn1ccnc1[C@@H]1CCCN(C(=O)c2cncc(Cl)c2)C1. The Bertz CT molecular complexity index is 745.